The van der Waals surface area contributed by atoms with E-state index in [4.69, 9.17) is 4.74 Å². The Bertz CT molecular complexity index is 606. The van der Waals surface area contributed by atoms with Crippen molar-refractivity contribution in [1.29, 1.82) is 0 Å². The minimum atomic E-state index is 0.0236. The Morgan fingerprint density at radius 2 is 2.27 bits per heavy atom. The van der Waals surface area contributed by atoms with Gasteiger partial charge in [-0.15, -0.1) is 0 Å². The number of para-hydroxylation sites is 1. The van der Waals surface area contributed by atoms with Crippen molar-refractivity contribution in [3.05, 3.63) is 48.3 Å². The number of carbonyl (C=O) groups is 1. The average molecular weight is 300 g/mol. The van der Waals surface area contributed by atoms with Crippen LogP contribution in [0.1, 0.15) is 12.0 Å². The Morgan fingerprint density at radius 3 is 3.05 bits per heavy atom. The molecule has 116 valence electrons. The first-order valence-electron chi connectivity index (χ1n) is 7.48. The molecule has 1 aromatic heterocycles. The summed E-state index contributed by atoms with van der Waals surface area (Å²) in [7, 11) is 0. The first-order valence-corrected chi connectivity index (χ1v) is 7.48. The summed E-state index contributed by atoms with van der Waals surface area (Å²) in [5.74, 6) is 0.0236. The van der Waals surface area contributed by atoms with Crippen LogP contribution < -0.4 is 10.6 Å². The van der Waals surface area contributed by atoms with Crippen LogP contribution in [0.3, 0.4) is 0 Å². The van der Waals surface area contributed by atoms with Gasteiger partial charge < -0.3 is 15.4 Å². The topological polar surface area (TPSA) is 68.2 Å². The van der Waals surface area contributed by atoms with E-state index in [-0.39, 0.29) is 11.9 Å². The van der Waals surface area contributed by atoms with Crippen molar-refractivity contribution in [2.75, 3.05) is 19.8 Å². The van der Waals surface area contributed by atoms with Gasteiger partial charge in [0.1, 0.15) is 0 Å². The number of hydrogen-bond acceptors (Lipinski definition) is 4. The zero-order valence-electron chi connectivity index (χ0n) is 12.4. The van der Waals surface area contributed by atoms with Gasteiger partial charge in [-0.05, 0) is 12.1 Å². The summed E-state index contributed by atoms with van der Waals surface area (Å²) in [6.07, 6.45) is 4.14. The molecule has 1 amide bonds. The molecule has 1 aliphatic heterocycles. The summed E-state index contributed by atoms with van der Waals surface area (Å²) < 4.78 is 7.15. The van der Waals surface area contributed by atoms with Gasteiger partial charge in [-0.25, -0.2) is 4.68 Å². The summed E-state index contributed by atoms with van der Waals surface area (Å²) in [5, 5.41) is 10.5. The highest BCUT2D eigenvalue weighted by Crippen LogP contribution is 2.07. The maximum atomic E-state index is 11.9. The van der Waals surface area contributed by atoms with Crippen LogP contribution in [0.15, 0.2) is 42.7 Å². The molecule has 0 bridgehead atoms. The molecule has 6 heteroatoms. The van der Waals surface area contributed by atoms with Gasteiger partial charge in [0.25, 0.3) is 0 Å². The Hall–Kier alpha value is -2.18. The van der Waals surface area contributed by atoms with E-state index in [1.807, 2.05) is 36.5 Å². The predicted molar refractivity (Wildman–Crippen MR) is 82.6 cm³/mol. The molecule has 1 fully saturated rings. The van der Waals surface area contributed by atoms with Gasteiger partial charge >= 0.3 is 0 Å². The van der Waals surface area contributed by atoms with E-state index in [2.05, 4.69) is 15.7 Å². The molecule has 6 nitrogen and oxygen atoms in total. The number of carbonyl (C=O) groups excluding carboxylic acids is 1. The largest absolute Gasteiger partial charge is 0.378 e. The highest BCUT2D eigenvalue weighted by molar-refractivity contribution is 5.76. The lowest BCUT2D eigenvalue weighted by molar-refractivity contribution is -0.122. The highest BCUT2D eigenvalue weighted by atomic mass is 16.5. The number of aromatic nitrogens is 2. The van der Waals surface area contributed by atoms with E-state index in [1.54, 1.807) is 10.9 Å². The predicted octanol–water partition coefficient (Wildman–Crippen LogP) is 0.867. The van der Waals surface area contributed by atoms with Crippen LogP contribution in [0.5, 0.6) is 0 Å². The second-order valence-electron chi connectivity index (χ2n) is 5.34. The van der Waals surface area contributed by atoms with Gasteiger partial charge in [0.15, 0.2) is 0 Å². The molecule has 2 aromatic rings. The molecule has 1 aromatic carbocycles. The van der Waals surface area contributed by atoms with E-state index in [0.717, 1.165) is 24.4 Å². The molecular weight excluding hydrogens is 280 g/mol. The smallest absolute Gasteiger partial charge is 0.221 e. The lowest BCUT2D eigenvalue weighted by Gasteiger charge is -2.23. The number of nitrogens with zero attached hydrogens (tertiary/aromatic N) is 2. The minimum absolute atomic E-state index is 0.0236. The second kappa shape index (κ2) is 7.20. The molecule has 1 unspecified atom stereocenters. The van der Waals surface area contributed by atoms with Crippen molar-refractivity contribution in [2.24, 2.45) is 0 Å². The normalized spacial score (nSPS) is 18.1. The van der Waals surface area contributed by atoms with Crippen molar-refractivity contribution < 1.29 is 9.53 Å². The zero-order valence-corrected chi connectivity index (χ0v) is 12.4. The fraction of sp³-hybridized carbons (Fsp3) is 0.375. The number of morpholine rings is 1. The third-order valence-electron chi connectivity index (χ3n) is 3.58. The standard InChI is InChI=1S/C16H20N4O2/c21-16(8-14-12-22-7-6-17-14)18-9-13-10-19-20(11-13)15-4-2-1-3-5-15/h1-5,10-11,14,17H,6-9,12H2,(H,18,21). The molecule has 0 radical (unpaired) electrons. The van der Waals surface area contributed by atoms with Gasteiger partial charge in [-0.1, -0.05) is 18.2 Å². The SMILES string of the molecule is O=C(CC1COCCN1)NCc1cnn(-c2ccccc2)c1. The molecule has 0 aliphatic carbocycles. The van der Waals surface area contributed by atoms with Crippen molar-refractivity contribution in [2.45, 2.75) is 19.0 Å². The summed E-state index contributed by atoms with van der Waals surface area (Å²) in [4.78, 5) is 11.9. The van der Waals surface area contributed by atoms with Crippen LogP contribution in [-0.4, -0.2) is 41.5 Å². The van der Waals surface area contributed by atoms with Gasteiger partial charge in [-0.3, -0.25) is 4.79 Å². The Morgan fingerprint density at radius 1 is 1.41 bits per heavy atom. The van der Waals surface area contributed by atoms with E-state index in [9.17, 15) is 4.79 Å². The molecule has 2 heterocycles. The van der Waals surface area contributed by atoms with Gasteiger partial charge in [0.05, 0.1) is 25.1 Å². The van der Waals surface area contributed by atoms with Crippen LogP contribution in [0, 0.1) is 0 Å². The number of ether oxygens (including phenoxy) is 1. The van der Waals surface area contributed by atoms with E-state index in [1.165, 1.54) is 0 Å². The maximum absolute atomic E-state index is 11.9. The van der Waals surface area contributed by atoms with Crippen molar-refractivity contribution in [1.82, 2.24) is 20.4 Å². The Balaban J connectivity index is 1.49. The third kappa shape index (κ3) is 3.93. The fourth-order valence-corrected chi connectivity index (χ4v) is 2.42. The van der Waals surface area contributed by atoms with Gasteiger partial charge in [0.2, 0.25) is 5.91 Å². The lowest BCUT2D eigenvalue weighted by atomic mass is 10.2. The third-order valence-corrected chi connectivity index (χ3v) is 3.58. The van der Waals surface area contributed by atoms with Gasteiger partial charge in [-0.2, -0.15) is 5.10 Å². The number of rotatable bonds is 5. The van der Waals surface area contributed by atoms with Crippen LogP contribution in [0.25, 0.3) is 5.69 Å². The van der Waals surface area contributed by atoms with Crippen LogP contribution in [0.2, 0.25) is 0 Å². The molecular formula is C16H20N4O2. The van der Waals surface area contributed by atoms with Crippen LogP contribution >= 0.6 is 0 Å². The number of hydrogen-bond donors (Lipinski definition) is 2. The van der Waals surface area contributed by atoms with Gasteiger partial charge in [0, 0.05) is 37.3 Å². The molecule has 22 heavy (non-hydrogen) atoms. The molecule has 0 saturated carbocycles. The average Bonchev–Trinajstić information content (AvgIpc) is 3.04. The second-order valence-corrected chi connectivity index (χ2v) is 5.34. The van der Waals surface area contributed by atoms with Crippen molar-refractivity contribution in [3.8, 4) is 5.69 Å². The molecule has 3 rings (SSSR count). The Labute approximate surface area is 129 Å². The zero-order chi connectivity index (χ0) is 15.2. The van der Waals surface area contributed by atoms with Crippen LogP contribution in [-0.2, 0) is 16.1 Å². The van der Waals surface area contributed by atoms with Crippen molar-refractivity contribution >= 4 is 5.91 Å². The molecule has 1 aliphatic rings. The fourth-order valence-electron chi connectivity index (χ4n) is 2.42. The molecule has 2 N–H and O–H groups in total. The van der Waals surface area contributed by atoms with Crippen molar-refractivity contribution in [3.63, 3.8) is 0 Å². The van der Waals surface area contributed by atoms with E-state index >= 15 is 0 Å². The number of amides is 1. The summed E-state index contributed by atoms with van der Waals surface area (Å²) in [5.41, 5.74) is 1.98. The maximum Gasteiger partial charge on any atom is 0.221 e. The first-order chi connectivity index (χ1) is 10.8. The number of benzene rings is 1. The quantitative estimate of drug-likeness (QED) is 0.860. The van der Waals surface area contributed by atoms with E-state index < -0.39 is 0 Å². The minimum Gasteiger partial charge on any atom is -0.378 e. The monoisotopic (exact) mass is 300 g/mol. The first kappa shape index (κ1) is 14.7. The number of nitrogens with one attached hydrogen (secondary N) is 2. The summed E-state index contributed by atoms with van der Waals surface area (Å²) in [6, 6.07) is 10.0. The molecule has 1 saturated heterocycles. The summed E-state index contributed by atoms with van der Waals surface area (Å²) in [6.45, 7) is 2.61. The molecule has 1 atom stereocenters. The highest BCUT2D eigenvalue weighted by Gasteiger charge is 2.16. The van der Waals surface area contributed by atoms with E-state index in [0.29, 0.717) is 19.6 Å². The van der Waals surface area contributed by atoms with Crippen LogP contribution in [0.4, 0.5) is 0 Å². The Kier molecular flexibility index (Phi) is 4.82. The summed E-state index contributed by atoms with van der Waals surface area (Å²) >= 11 is 0. The lowest BCUT2D eigenvalue weighted by Crippen LogP contribution is -2.44. The molecule has 0 spiro atoms.